The Morgan fingerprint density at radius 2 is 1.85 bits per heavy atom. The quantitative estimate of drug-likeness (QED) is 0.700. The summed E-state index contributed by atoms with van der Waals surface area (Å²) in [6, 6.07) is 13.6. The summed E-state index contributed by atoms with van der Waals surface area (Å²) in [6.07, 6.45) is 3.68. The van der Waals surface area contributed by atoms with Crippen molar-refractivity contribution in [3.63, 3.8) is 0 Å². The molecule has 0 spiro atoms. The second kappa shape index (κ2) is 7.38. The monoisotopic (exact) mass is 368 g/mol. The second-order valence-corrected chi connectivity index (χ2v) is 6.84. The van der Waals surface area contributed by atoms with Crippen molar-refractivity contribution < 1.29 is 4.74 Å². The highest BCUT2D eigenvalue weighted by atomic mass is 35.5. The van der Waals surface area contributed by atoms with E-state index in [1.807, 2.05) is 30.3 Å². The number of rotatable bonds is 4. The lowest BCUT2D eigenvalue weighted by atomic mass is 10.1. The van der Waals surface area contributed by atoms with Gasteiger partial charge in [-0.05, 0) is 49.6 Å². The second-order valence-electron chi connectivity index (χ2n) is 6.41. The first-order chi connectivity index (χ1) is 12.7. The smallest absolute Gasteiger partial charge is 0.229 e. The maximum Gasteiger partial charge on any atom is 0.229 e. The minimum Gasteiger partial charge on any atom is -0.495 e. The number of aromatic nitrogens is 2. The standard InChI is InChI=1S/C20H21ClN4O/c1-26-18-10-9-14(21)13-17(18)23-20-22-16-8-4-3-7-15(16)19(24-20)25-11-5-2-6-12-25/h3-4,7-10,13H,2,5-6,11-12H2,1H3,(H,22,23,24). The number of ether oxygens (including phenoxy) is 1. The van der Waals surface area contributed by atoms with Gasteiger partial charge >= 0.3 is 0 Å². The van der Waals surface area contributed by atoms with Crippen molar-refractivity contribution in [2.45, 2.75) is 19.3 Å². The molecule has 134 valence electrons. The SMILES string of the molecule is COc1ccc(Cl)cc1Nc1nc(N2CCCCC2)c2ccccc2n1. The summed E-state index contributed by atoms with van der Waals surface area (Å²) >= 11 is 6.14. The van der Waals surface area contributed by atoms with Gasteiger partial charge in [-0.15, -0.1) is 0 Å². The highest BCUT2D eigenvalue weighted by Gasteiger charge is 2.17. The zero-order chi connectivity index (χ0) is 17.9. The molecular weight excluding hydrogens is 348 g/mol. The molecule has 4 rings (SSSR count). The summed E-state index contributed by atoms with van der Waals surface area (Å²) in [5.74, 6) is 2.23. The van der Waals surface area contributed by atoms with Gasteiger partial charge in [0.05, 0.1) is 18.3 Å². The molecule has 0 atom stereocenters. The molecule has 0 unspecified atom stereocenters. The van der Waals surface area contributed by atoms with Gasteiger partial charge in [-0.3, -0.25) is 0 Å². The molecule has 0 aliphatic carbocycles. The number of hydrogen-bond acceptors (Lipinski definition) is 5. The molecule has 26 heavy (non-hydrogen) atoms. The van der Waals surface area contributed by atoms with Crippen molar-refractivity contribution in [1.82, 2.24) is 9.97 Å². The number of nitrogens with zero attached hydrogens (tertiary/aromatic N) is 3. The zero-order valence-corrected chi connectivity index (χ0v) is 15.5. The Kier molecular flexibility index (Phi) is 4.80. The molecular formula is C20H21ClN4O. The van der Waals surface area contributed by atoms with Crippen molar-refractivity contribution >= 4 is 40.0 Å². The van der Waals surface area contributed by atoms with Gasteiger partial charge in [0, 0.05) is 23.5 Å². The van der Waals surface area contributed by atoms with Crippen molar-refractivity contribution in [3.8, 4) is 5.75 Å². The van der Waals surface area contributed by atoms with Crippen LogP contribution in [0.25, 0.3) is 10.9 Å². The minimum atomic E-state index is 0.546. The number of anilines is 3. The molecule has 1 aromatic heterocycles. The fraction of sp³-hybridized carbons (Fsp3) is 0.300. The lowest BCUT2D eigenvalue weighted by Crippen LogP contribution is -2.30. The van der Waals surface area contributed by atoms with Crippen molar-refractivity contribution in [2.24, 2.45) is 0 Å². The Balaban J connectivity index is 1.77. The van der Waals surface area contributed by atoms with Gasteiger partial charge in [0.1, 0.15) is 11.6 Å². The number of benzene rings is 2. The van der Waals surface area contributed by atoms with E-state index in [2.05, 4.69) is 21.3 Å². The molecule has 1 N–H and O–H groups in total. The van der Waals surface area contributed by atoms with Crippen LogP contribution < -0.4 is 15.0 Å². The van der Waals surface area contributed by atoms with Gasteiger partial charge in [-0.1, -0.05) is 23.7 Å². The molecule has 6 heteroatoms. The minimum absolute atomic E-state index is 0.546. The van der Waals surface area contributed by atoms with Crippen molar-refractivity contribution in [1.29, 1.82) is 0 Å². The van der Waals surface area contributed by atoms with Crippen LogP contribution >= 0.6 is 11.6 Å². The molecule has 2 aromatic carbocycles. The van der Waals surface area contributed by atoms with Crippen LogP contribution in [0, 0.1) is 0 Å². The van der Waals surface area contributed by atoms with Gasteiger partial charge in [-0.25, -0.2) is 4.98 Å². The Morgan fingerprint density at radius 3 is 2.65 bits per heavy atom. The summed E-state index contributed by atoms with van der Waals surface area (Å²) in [5.41, 5.74) is 1.67. The van der Waals surface area contributed by atoms with Crippen LogP contribution in [-0.4, -0.2) is 30.2 Å². The van der Waals surface area contributed by atoms with Crippen LogP contribution in [0.3, 0.4) is 0 Å². The van der Waals surface area contributed by atoms with Crippen LogP contribution in [0.1, 0.15) is 19.3 Å². The first-order valence-corrected chi connectivity index (χ1v) is 9.25. The van der Waals surface area contributed by atoms with E-state index in [0.717, 1.165) is 35.5 Å². The lowest BCUT2D eigenvalue weighted by molar-refractivity contribution is 0.417. The summed E-state index contributed by atoms with van der Waals surface area (Å²) in [7, 11) is 1.63. The van der Waals surface area contributed by atoms with Gasteiger partial charge in [-0.2, -0.15) is 4.98 Å². The van der Waals surface area contributed by atoms with Gasteiger partial charge in [0.2, 0.25) is 5.95 Å². The number of halogens is 1. The summed E-state index contributed by atoms with van der Waals surface area (Å²) in [4.78, 5) is 11.9. The van der Waals surface area contributed by atoms with E-state index >= 15 is 0 Å². The Morgan fingerprint density at radius 1 is 1.04 bits per heavy atom. The number of para-hydroxylation sites is 1. The third-order valence-corrected chi connectivity index (χ3v) is 4.88. The Hall–Kier alpha value is -2.53. The fourth-order valence-corrected chi connectivity index (χ4v) is 3.53. The molecule has 1 aliphatic heterocycles. The van der Waals surface area contributed by atoms with Crippen molar-refractivity contribution in [2.75, 3.05) is 30.4 Å². The predicted octanol–water partition coefficient (Wildman–Crippen LogP) is 5.03. The van der Waals surface area contributed by atoms with Gasteiger partial charge < -0.3 is 15.0 Å². The number of methoxy groups -OCH3 is 1. The van der Waals surface area contributed by atoms with Gasteiger partial charge in [0.25, 0.3) is 0 Å². The molecule has 0 bridgehead atoms. The maximum absolute atomic E-state index is 6.14. The highest BCUT2D eigenvalue weighted by Crippen LogP contribution is 2.32. The number of nitrogens with one attached hydrogen (secondary N) is 1. The first kappa shape index (κ1) is 16.9. The van der Waals surface area contributed by atoms with Crippen LogP contribution in [0.5, 0.6) is 5.75 Å². The fourth-order valence-electron chi connectivity index (χ4n) is 3.36. The summed E-state index contributed by atoms with van der Waals surface area (Å²) < 4.78 is 5.42. The molecule has 5 nitrogen and oxygen atoms in total. The highest BCUT2D eigenvalue weighted by molar-refractivity contribution is 6.31. The molecule has 1 saturated heterocycles. The summed E-state index contributed by atoms with van der Waals surface area (Å²) in [6.45, 7) is 2.06. The topological polar surface area (TPSA) is 50.3 Å². The largest absolute Gasteiger partial charge is 0.495 e. The van der Waals surface area contributed by atoms with Crippen LogP contribution in [-0.2, 0) is 0 Å². The number of piperidine rings is 1. The van der Waals surface area contributed by atoms with E-state index in [0.29, 0.717) is 16.7 Å². The van der Waals surface area contributed by atoms with Crippen LogP contribution in [0.2, 0.25) is 5.02 Å². The number of hydrogen-bond donors (Lipinski definition) is 1. The maximum atomic E-state index is 6.14. The Bertz CT molecular complexity index is 925. The predicted molar refractivity (Wildman–Crippen MR) is 107 cm³/mol. The average molecular weight is 369 g/mol. The van der Waals surface area contributed by atoms with Crippen LogP contribution in [0.4, 0.5) is 17.5 Å². The van der Waals surface area contributed by atoms with E-state index in [9.17, 15) is 0 Å². The van der Waals surface area contributed by atoms with E-state index in [1.165, 1.54) is 19.3 Å². The van der Waals surface area contributed by atoms with E-state index in [1.54, 1.807) is 13.2 Å². The molecule has 0 amide bonds. The molecule has 2 heterocycles. The molecule has 1 fully saturated rings. The van der Waals surface area contributed by atoms with E-state index < -0.39 is 0 Å². The third-order valence-electron chi connectivity index (χ3n) is 4.65. The summed E-state index contributed by atoms with van der Waals surface area (Å²) in [5, 5.41) is 4.99. The van der Waals surface area contributed by atoms with Crippen LogP contribution in [0.15, 0.2) is 42.5 Å². The normalized spacial score (nSPS) is 14.5. The van der Waals surface area contributed by atoms with E-state index in [-0.39, 0.29) is 0 Å². The zero-order valence-electron chi connectivity index (χ0n) is 14.7. The first-order valence-electron chi connectivity index (χ1n) is 8.87. The molecule has 0 saturated carbocycles. The third kappa shape index (κ3) is 3.40. The molecule has 1 aliphatic rings. The van der Waals surface area contributed by atoms with Gasteiger partial charge in [0.15, 0.2) is 0 Å². The van der Waals surface area contributed by atoms with E-state index in [4.69, 9.17) is 21.3 Å². The Labute approximate surface area is 158 Å². The lowest BCUT2D eigenvalue weighted by Gasteiger charge is -2.29. The number of fused-ring (bicyclic) bond motifs is 1. The molecule has 3 aromatic rings. The molecule has 0 radical (unpaired) electrons. The van der Waals surface area contributed by atoms with Crippen molar-refractivity contribution in [3.05, 3.63) is 47.5 Å². The average Bonchev–Trinajstić information content (AvgIpc) is 2.68.